The first-order valence-corrected chi connectivity index (χ1v) is 25.0. The zero-order valence-corrected chi connectivity index (χ0v) is 42.2. The van der Waals surface area contributed by atoms with Crippen LogP contribution in [-0.4, -0.2) is 139 Å². The van der Waals surface area contributed by atoms with Gasteiger partial charge in [-0.05, 0) is 119 Å². The zero-order valence-electron chi connectivity index (χ0n) is 42.2. The molecule has 0 aromatic carbocycles. The van der Waals surface area contributed by atoms with Crippen molar-refractivity contribution in [2.75, 3.05) is 41.1 Å². The number of carbonyl (C=O) groups excluding carboxylic acids is 4. The molecule has 1 amide bonds. The third-order valence-corrected chi connectivity index (χ3v) is 14.9. The molecule has 15 atom stereocenters. The first kappa shape index (κ1) is 56.5. The lowest BCUT2D eigenvalue weighted by molar-refractivity contribution is -0.265. The van der Waals surface area contributed by atoms with E-state index in [2.05, 4.69) is 19.9 Å². The molecule has 380 valence electrons. The number of esters is 1. The highest BCUT2D eigenvalue weighted by molar-refractivity contribution is 6.39. The quantitative estimate of drug-likeness (QED) is 0.122. The van der Waals surface area contributed by atoms with E-state index < -0.39 is 65.7 Å². The molecular formula is C53H85NO13. The van der Waals surface area contributed by atoms with E-state index >= 15 is 0 Å². The number of Topliss-reactive ketones (excluding diaryl/α,β-unsaturated/α-hetero) is 2. The van der Waals surface area contributed by atoms with E-state index in [0.717, 1.165) is 24.8 Å². The smallest absolute Gasteiger partial charge is 0.329 e. The zero-order chi connectivity index (χ0) is 49.4. The van der Waals surface area contributed by atoms with Crippen LogP contribution in [0.15, 0.2) is 47.6 Å². The van der Waals surface area contributed by atoms with E-state index in [0.29, 0.717) is 56.9 Å². The molecule has 2 bridgehead atoms. The Hall–Kier alpha value is -3.08. The number of hydrogen-bond acceptors (Lipinski definition) is 13. The molecule has 3 aliphatic heterocycles. The lowest BCUT2D eigenvalue weighted by atomic mass is 9.78. The minimum absolute atomic E-state index is 0.0816. The molecule has 0 spiro atoms. The first-order valence-electron chi connectivity index (χ1n) is 25.0. The van der Waals surface area contributed by atoms with E-state index in [1.807, 2.05) is 38.2 Å². The molecule has 14 heteroatoms. The summed E-state index contributed by atoms with van der Waals surface area (Å²) >= 11 is 0. The second-order valence-electron chi connectivity index (χ2n) is 20.3. The third kappa shape index (κ3) is 16.0. The molecule has 3 N–H and O–H groups in total. The molecule has 2 saturated heterocycles. The van der Waals surface area contributed by atoms with Gasteiger partial charge in [-0.15, -0.1) is 0 Å². The predicted octanol–water partition coefficient (Wildman–Crippen LogP) is 7.02. The maximum Gasteiger partial charge on any atom is 0.329 e. The molecule has 3 heterocycles. The largest absolute Gasteiger partial charge is 0.460 e. The summed E-state index contributed by atoms with van der Waals surface area (Å²) in [4.78, 5) is 58.4. The van der Waals surface area contributed by atoms with Crippen molar-refractivity contribution in [2.24, 2.45) is 35.5 Å². The molecule has 67 heavy (non-hydrogen) atoms. The van der Waals surface area contributed by atoms with Crippen molar-refractivity contribution in [2.45, 2.75) is 186 Å². The van der Waals surface area contributed by atoms with E-state index in [1.165, 1.54) is 4.90 Å². The molecule has 0 radical (unpaired) electrons. The van der Waals surface area contributed by atoms with E-state index in [4.69, 9.17) is 28.4 Å². The minimum Gasteiger partial charge on any atom is -0.460 e. The number of ether oxygens (including phenoxy) is 6. The third-order valence-electron chi connectivity index (χ3n) is 14.9. The molecule has 1 unspecified atom stereocenters. The Bertz CT molecular complexity index is 1730. The van der Waals surface area contributed by atoms with Gasteiger partial charge in [-0.25, -0.2) is 4.79 Å². The van der Waals surface area contributed by atoms with Gasteiger partial charge in [-0.1, -0.05) is 71.1 Å². The van der Waals surface area contributed by atoms with Crippen molar-refractivity contribution in [1.82, 2.24) is 4.90 Å². The van der Waals surface area contributed by atoms with E-state index in [9.17, 15) is 34.5 Å². The van der Waals surface area contributed by atoms with Crippen molar-refractivity contribution in [1.29, 1.82) is 0 Å². The Balaban J connectivity index is 1.68. The van der Waals surface area contributed by atoms with Gasteiger partial charge in [-0.3, -0.25) is 14.4 Å². The fourth-order valence-electron chi connectivity index (χ4n) is 10.7. The van der Waals surface area contributed by atoms with Gasteiger partial charge in [0.1, 0.15) is 24.0 Å². The average Bonchev–Trinajstić information content (AvgIpc) is 3.31. The second kappa shape index (κ2) is 27.3. The monoisotopic (exact) mass is 944 g/mol. The normalized spacial score (nSPS) is 38.3. The van der Waals surface area contributed by atoms with Crippen molar-refractivity contribution >= 4 is 23.4 Å². The summed E-state index contributed by atoms with van der Waals surface area (Å²) in [5, 5.41) is 32.8. The molecule has 1 saturated carbocycles. The number of rotatable bonds is 9. The van der Waals surface area contributed by atoms with Crippen LogP contribution in [0.5, 0.6) is 0 Å². The highest BCUT2D eigenvalue weighted by Crippen LogP contribution is 2.38. The molecule has 14 nitrogen and oxygen atoms in total. The number of methoxy groups -OCH3 is 3. The Labute approximate surface area is 400 Å². The lowest BCUT2D eigenvalue weighted by Crippen LogP contribution is -2.61. The Morgan fingerprint density at radius 3 is 2.25 bits per heavy atom. The van der Waals surface area contributed by atoms with Crippen LogP contribution in [-0.2, 0) is 47.6 Å². The van der Waals surface area contributed by atoms with Crippen LogP contribution in [0.1, 0.15) is 132 Å². The highest BCUT2D eigenvalue weighted by atomic mass is 16.6. The Morgan fingerprint density at radius 2 is 1.57 bits per heavy atom. The van der Waals surface area contributed by atoms with Crippen LogP contribution in [0.2, 0.25) is 0 Å². The van der Waals surface area contributed by atoms with Crippen molar-refractivity contribution in [3.05, 3.63) is 47.6 Å². The number of hydrogen-bond donors (Lipinski definition) is 3. The van der Waals surface area contributed by atoms with Crippen LogP contribution >= 0.6 is 0 Å². The van der Waals surface area contributed by atoms with Gasteiger partial charge in [-0.2, -0.15) is 0 Å². The standard InChI is InChI=1S/C53H85NO13/c1-33-16-12-11-13-17-35(3)45(62-8)31-41-21-19-39(7)53(61,67-41)50(58)51(59)54-23-15-14-18-42(54)52(60)66-46(37(5)29-40-20-22-44(65-25-24-55)47(30-40)63-9)32-43(56)36(4)28-38(6)49(57)48(64-10)27-34(2)26-33/h11-13,16-17,28,33-34,36-37,39-42,44-49,55,57,61H,14-15,18-27,29-32H2,1-10H3/b13-11?,16-12+,35-17?,38-28+/t33-,34-,36-,37-,39-,40+,41+,42?,44-,45+,46+,47-,48+,49-,53-/m1/s1. The molecule has 1 aliphatic carbocycles. The van der Waals surface area contributed by atoms with Gasteiger partial charge in [0.25, 0.3) is 11.7 Å². The average molecular weight is 944 g/mol. The molecule has 0 aromatic heterocycles. The Kier molecular flexibility index (Phi) is 23.1. The van der Waals surface area contributed by atoms with Crippen molar-refractivity contribution in [3.8, 4) is 0 Å². The summed E-state index contributed by atoms with van der Waals surface area (Å²) in [5.74, 6) is -6.38. The number of aliphatic hydroxyl groups is 3. The Morgan fingerprint density at radius 1 is 0.836 bits per heavy atom. The number of allylic oxidation sites excluding steroid dienone is 6. The summed E-state index contributed by atoms with van der Waals surface area (Å²) < 4.78 is 35.9. The highest BCUT2D eigenvalue weighted by Gasteiger charge is 2.53. The van der Waals surface area contributed by atoms with Crippen LogP contribution in [0.4, 0.5) is 0 Å². The van der Waals surface area contributed by atoms with Crippen LogP contribution in [0.3, 0.4) is 0 Å². The van der Waals surface area contributed by atoms with Crippen LogP contribution in [0, 0.1) is 35.5 Å². The van der Waals surface area contributed by atoms with Gasteiger partial charge < -0.3 is 48.6 Å². The van der Waals surface area contributed by atoms with Crippen molar-refractivity contribution < 1.29 is 62.9 Å². The number of piperidine rings is 1. The van der Waals surface area contributed by atoms with Crippen LogP contribution < -0.4 is 0 Å². The van der Waals surface area contributed by atoms with Gasteiger partial charge in [0.2, 0.25) is 5.79 Å². The van der Waals surface area contributed by atoms with Gasteiger partial charge in [0.15, 0.2) is 0 Å². The maximum absolute atomic E-state index is 14.5. The fourth-order valence-corrected chi connectivity index (χ4v) is 10.7. The lowest BCUT2D eigenvalue weighted by Gasteiger charge is -2.42. The first-order chi connectivity index (χ1) is 31.9. The molecule has 0 aromatic rings. The number of ketones is 2. The summed E-state index contributed by atoms with van der Waals surface area (Å²) in [5.41, 5.74) is 1.53. The number of nitrogens with zero attached hydrogens (tertiary/aromatic N) is 1. The summed E-state index contributed by atoms with van der Waals surface area (Å²) in [6, 6.07) is -1.11. The van der Waals surface area contributed by atoms with Gasteiger partial charge in [0, 0.05) is 52.6 Å². The summed E-state index contributed by atoms with van der Waals surface area (Å²) in [6.07, 6.45) is 15.1. The van der Waals surface area contributed by atoms with E-state index in [-0.39, 0.29) is 80.4 Å². The fraction of sp³-hybridized carbons (Fsp3) is 0.774. The number of cyclic esters (lactones) is 1. The number of amides is 1. The maximum atomic E-state index is 14.5. The predicted molar refractivity (Wildman–Crippen MR) is 256 cm³/mol. The summed E-state index contributed by atoms with van der Waals surface area (Å²) in [6.45, 7) is 13.7. The summed E-state index contributed by atoms with van der Waals surface area (Å²) in [7, 11) is 4.84. The minimum atomic E-state index is -2.41. The molecule has 3 fully saturated rings. The molecular weight excluding hydrogens is 859 g/mol. The SMILES string of the molecule is CO[C@H]1C[C@@H]2CC[C@@H](C)[C@@](O)(O2)C(=O)C(=O)N2CCCCC2C(=O)O[C@H]([C@H](C)C[C@@H]2CC[C@@H](OCCO)[C@H](OC)C2)CC(=O)[C@H](C)/C=C(\C)[C@@H](O)[C@@H](OC)C[C@H](C)C[C@H](C)/C=C/C=CC=C1C. The number of carbonyl (C=O) groups is 4. The van der Waals surface area contributed by atoms with Gasteiger partial charge in [0.05, 0.1) is 43.7 Å². The number of aliphatic hydroxyl groups excluding tert-OH is 2. The molecule has 4 rings (SSSR count). The number of fused-ring (bicyclic) bond motifs is 3. The molecule has 4 aliphatic rings. The van der Waals surface area contributed by atoms with E-state index in [1.54, 1.807) is 48.2 Å². The van der Waals surface area contributed by atoms with Gasteiger partial charge >= 0.3 is 5.97 Å². The topological polar surface area (TPSA) is 188 Å². The van der Waals surface area contributed by atoms with Crippen molar-refractivity contribution in [3.63, 3.8) is 0 Å². The van der Waals surface area contributed by atoms with Crippen LogP contribution in [0.25, 0.3) is 0 Å². The second-order valence-corrected chi connectivity index (χ2v) is 20.3.